The van der Waals surface area contributed by atoms with E-state index >= 15 is 0 Å². The maximum atomic E-state index is 11.1. The molecule has 0 heterocycles. The van der Waals surface area contributed by atoms with Crippen molar-refractivity contribution in [2.75, 3.05) is 19.8 Å². The van der Waals surface area contributed by atoms with Gasteiger partial charge in [0.25, 0.3) is 0 Å². The Hall–Kier alpha value is -1.18. The summed E-state index contributed by atoms with van der Waals surface area (Å²) >= 11 is 0. The molecule has 0 spiro atoms. The van der Waals surface area contributed by atoms with Gasteiger partial charge in [0.1, 0.15) is 13.2 Å². The second kappa shape index (κ2) is 13.5. The first-order valence-electron chi connectivity index (χ1n) is 7.71. The van der Waals surface area contributed by atoms with E-state index in [1.807, 2.05) is 13.8 Å². The van der Waals surface area contributed by atoms with Crippen molar-refractivity contribution in [2.24, 2.45) is 0 Å². The van der Waals surface area contributed by atoms with E-state index in [0.717, 1.165) is 32.1 Å². The van der Waals surface area contributed by atoms with Crippen molar-refractivity contribution in [2.45, 2.75) is 64.8 Å². The molecule has 0 bridgehead atoms. The minimum atomic E-state index is -0.684. The third-order valence-electron chi connectivity index (χ3n) is 2.79. The van der Waals surface area contributed by atoms with Crippen molar-refractivity contribution < 1.29 is 34.0 Å². The predicted octanol–water partition coefficient (Wildman–Crippen LogP) is 1.15. The Kier molecular flexibility index (Phi) is 12.8. The molecule has 130 valence electrons. The lowest BCUT2D eigenvalue weighted by molar-refractivity contribution is -0.190. The van der Waals surface area contributed by atoms with Crippen LogP contribution in [0.5, 0.6) is 0 Å². The second-order valence-electron chi connectivity index (χ2n) is 5.20. The first-order valence-corrected chi connectivity index (χ1v) is 7.71. The summed E-state index contributed by atoms with van der Waals surface area (Å²) in [6.07, 6.45) is 4.35. The van der Waals surface area contributed by atoms with Crippen molar-refractivity contribution >= 4 is 11.9 Å². The van der Waals surface area contributed by atoms with Gasteiger partial charge in [0.05, 0.1) is 12.7 Å². The number of aliphatic hydroxyl groups is 2. The van der Waals surface area contributed by atoms with Crippen LogP contribution in [0.2, 0.25) is 0 Å². The van der Waals surface area contributed by atoms with E-state index in [0.29, 0.717) is 13.0 Å². The van der Waals surface area contributed by atoms with Crippen LogP contribution in [0.1, 0.15) is 52.4 Å². The molecule has 7 nitrogen and oxygen atoms in total. The Morgan fingerprint density at radius 2 is 1.50 bits per heavy atom. The third-order valence-corrected chi connectivity index (χ3v) is 2.79. The fraction of sp³-hybridized carbons (Fsp3) is 0.867. The van der Waals surface area contributed by atoms with Crippen molar-refractivity contribution in [3.8, 4) is 0 Å². The third kappa shape index (κ3) is 12.6. The molecule has 0 saturated heterocycles. The number of esters is 2. The summed E-state index contributed by atoms with van der Waals surface area (Å²) in [6, 6.07) is 0. The van der Waals surface area contributed by atoms with Gasteiger partial charge >= 0.3 is 11.9 Å². The van der Waals surface area contributed by atoms with E-state index in [1.54, 1.807) is 0 Å². The number of ether oxygens (including phenoxy) is 3. The SMILES string of the molecule is CC(C)OC(CCCCCCCOC(=O)CO)OC(=O)CO. The van der Waals surface area contributed by atoms with Crippen LogP contribution in [-0.4, -0.2) is 54.4 Å². The summed E-state index contributed by atoms with van der Waals surface area (Å²) in [4.78, 5) is 21.8. The van der Waals surface area contributed by atoms with E-state index in [-0.39, 0.29) is 6.10 Å². The highest BCUT2D eigenvalue weighted by atomic mass is 16.7. The molecule has 22 heavy (non-hydrogen) atoms. The molecule has 0 aromatic rings. The summed E-state index contributed by atoms with van der Waals surface area (Å²) in [7, 11) is 0. The molecule has 0 rings (SSSR count). The molecule has 0 saturated carbocycles. The fourth-order valence-corrected chi connectivity index (χ4v) is 1.82. The molecule has 1 unspecified atom stereocenters. The molecule has 0 radical (unpaired) electrons. The van der Waals surface area contributed by atoms with Crippen LogP contribution >= 0.6 is 0 Å². The highest BCUT2D eigenvalue weighted by molar-refractivity contribution is 5.70. The van der Waals surface area contributed by atoms with Crippen LogP contribution in [-0.2, 0) is 23.8 Å². The quantitative estimate of drug-likeness (QED) is 0.298. The van der Waals surface area contributed by atoms with Gasteiger partial charge in [-0.15, -0.1) is 0 Å². The Morgan fingerprint density at radius 1 is 0.909 bits per heavy atom. The van der Waals surface area contributed by atoms with Gasteiger partial charge in [0.15, 0.2) is 0 Å². The topological polar surface area (TPSA) is 102 Å². The highest BCUT2D eigenvalue weighted by Crippen LogP contribution is 2.12. The van der Waals surface area contributed by atoms with Crippen LogP contribution in [0.4, 0.5) is 0 Å². The molecule has 0 aromatic heterocycles. The van der Waals surface area contributed by atoms with Gasteiger partial charge in [0.2, 0.25) is 6.29 Å². The fourth-order valence-electron chi connectivity index (χ4n) is 1.82. The molecule has 0 aliphatic carbocycles. The van der Waals surface area contributed by atoms with E-state index in [1.165, 1.54) is 0 Å². The number of carbonyl (C=O) groups excluding carboxylic acids is 2. The molecule has 0 amide bonds. The van der Waals surface area contributed by atoms with Crippen molar-refractivity contribution in [3.05, 3.63) is 0 Å². The number of carbonyl (C=O) groups is 2. The average molecular weight is 320 g/mol. The van der Waals surface area contributed by atoms with Crippen LogP contribution in [0.15, 0.2) is 0 Å². The number of aliphatic hydroxyl groups excluding tert-OH is 2. The van der Waals surface area contributed by atoms with Crippen molar-refractivity contribution in [3.63, 3.8) is 0 Å². The van der Waals surface area contributed by atoms with Gasteiger partial charge in [-0.1, -0.05) is 19.3 Å². The van der Waals surface area contributed by atoms with E-state index in [9.17, 15) is 9.59 Å². The summed E-state index contributed by atoms with van der Waals surface area (Å²) in [6.45, 7) is 2.81. The number of unbranched alkanes of at least 4 members (excludes halogenated alkanes) is 4. The lowest BCUT2D eigenvalue weighted by Crippen LogP contribution is -2.26. The number of hydrogen-bond acceptors (Lipinski definition) is 7. The molecule has 1 atom stereocenters. The highest BCUT2D eigenvalue weighted by Gasteiger charge is 2.15. The molecular weight excluding hydrogens is 292 g/mol. The first-order chi connectivity index (χ1) is 10.5. The molecule has 0 aliphatic heterocycles. The number of rotatable bonds is 13. The van der Waals surface area contributed by atoms with Crippen molar-refractivity contribution in [1.29, 1.82) is 0 Å². The number of hydrogen-bond donors (Lipinski definition) is 2. The maximum absolute atomic E-state index is 11.1. The predicted molar refractivity (Wildman–Crippen MR) is 78.9 cm³/mol. The van der Waals surface area contributed by atoms with Gasteiger partial charge < -0.3 is 24.4 Å². The first kappa shape index (κ1) is 20.8. The zero-order valence-electron chi connectivity index (χ0n) is 13.5. The molecule has 0 aliphatic rings. The van der Waals surface area contributed by atoms with Crippen LogP contribution in [0.25, 0.3) is 0 Å². The lowest BCUT2D eigenvalue weighted by Gasteiger charge is -2.20. The summed E-state index contributed by atoms with van der Waals surface area (Å²) < 4.78 is 15.2. The summed E-state index contributed by atoms with van der Waals surface area (Å²) in [5.74, 6) is -1.28. The molecule has 7 heteroatoms. The minimum absolute atomic E-state index is 0.0577. The Bertz CT molecular complexity index is 304. The molecule has 0 fully saturated rings. The minimum Gasteiger partial charge on any atom is -0.464 e. The van der Waals surface area contributed by atoms with Crippen molar-refractivity contribution in [1.82, 2.24) is 0 Å². The molecular formula is C15H28O7. The maximum Gasteiger partial charge on any atom is 0.334 e. The smallest absolute Gasteiger partial charge is 0.334 e. The van der Waals surface area contributed by atoms with E-state index in [2.05, 4.69) is 0 Å². The summed E-state index contributed by atoms with van der Waals surface area (Å²) in [5.41, 5.74) is 0. The largest absolute Gasteiger partial charge is 0.464 e. The molecule has 2 N–H and O–H groups in total. The van der Waals surface area contributed by atoms with Crippen LogP contribution in [0.3, 0.4) is 0 Å². The van der Waals surface area contributed by atoms with Gasteiger partial charge in [-0.25, -0.2) is 9.59 Å². The average Bonchev–Trinajstić information content (AvgIpc) is 2.48. The molecule has 0 aromatic carbocycles. The zero-order valence-corrected chi connectivity index (χ0v) is 13.5. The summed E-state index contributed by atoms with van der Waals surface area (Å²) in [5, 5.41) is 17.1. The standard InChI is InChI=1S/C15H28O7/c1-12(2)21-15(22-14(19)11-17)8-6-4-3-5-7-9-20-13(18)10-16/h12,15-17H,3-11H2,1-2H3. The van der Waals surface area contributed by atoms with Gasteiger partial charge in [0, 0.05) is 6.42 Å². The van der Waals surface area contributed by atoms with Crippen LogP contribution < -0.4 is 0 Å². The van der Waals surface area contributed by atoms with Gasteiger partial charge in [-0.05, 0) is 26.7 Å². The Labute approximate surface area is 131 Å². The Morgan fingerprint density at radius 3 is 2.09 bits per heavy atom. The van der Waals surface area contributed by atoms with Gasteiger partial charge in [-0.3, -0.25) is 0 Å². The van der Waals surface area contributed by atoms with Crippen LogP contribution in [0, 0.1) is 0 Å². The van der Waals surface area contributed by atoms with E-state index in [4.69, 9.17) is 24.4 Å². The monoisotopic (exact) mass is 320 g/mol. The van der Waals surface area contributed by atoms with Gasteiger partial charge in [-0.2, -0.15) is 0 Å². The second-order valence-corrected chi connectivity index (χ2v) is 5.20. The Balaban J connectivity index is 3.66. The zero-order chi connectivity index (χ0) is 16.8. The van der Waals surface area contributed by atoms with E-state index < -0.39 is 31.4 Å². The lowest BCUT2D eigenvalue weighted by atomic mass is 10.1. The normalized spacial score (nSPS) is 12.2.